The van der Waals surface area contributed by atoms with Crippen molar-refractivity contribution < 1.29 is 8.78 Å². The second-order valence-electron chi connectivity index (χ2n) is 2.99. The summed E-state index contributed by atoms with van der Waals surface area (Å²) >= 11 is 0. The fourth-order valence-electron chi connectivity index (χ4n) is 1.06. The van der Waals surface area contributed by atoms with Gasteiger partial charge in [0, 0.05) is 19.7 Å². The second-order valence-corrected chi connectivity index (χ2v) is 2.99. The van der Waals surface area contributed by atoms with E-state index in [4.69, 9.17) is 11.0 Å². The van der Waals surface area contributed by atoms with Crippen LogP contribution in [0.4, 0.5) is 20.4 Å². The normalized spacial score (nSPS) is 9.73. The Balaban J connectivity index is 2.94. The first-order valence-corrected chi connectivity index (χ1v) is 4.26. The summed E-state index contributed by atoms with van der Waals surface area (Å²) in [6.45, 7) is 0.311. The van der Waals surface area contributed by atoms with Gasteiger partial charge in [-0.3, -0.25) is 0 Å². The van der Waals surface area contributed by atoms with Gasteiger partial charge in [-0.1, -0.05) is 0 Å². The average Bonchev–Trinajstić information content (AvgIpc) is 2.20. The first-order chi connectivity index (χ1) is 7.06. The zero-order valence-electron chi connectivity index (χ0n) is 8.17. The van der Waals surface area contributed by atoms with E-state index >= 15 is 0 Å². The minimum atomic E-state index is -0.884. The fourth-order valence-corrected chi connectivity index (χ4v) is 1.06. The molecule has 0 saturated carbocycles. The van der Waals surface area contributed by atoms with Crippen LogP contribution >= 0.6 is 0 Å². The predicted octanol–water partition coefficient (Wildman–Crippen LogP) is 1.29. The number of nitriles is 1. The van der Waals surface area contributed by atoms with Crippen molar-refractivity contribution in [3.05, 3.63) is 17.7 Å². The number of hydrogen-bond donors (Lipinski definition) is 1. The molecule has 6 heteroatoms. The van der Waals surface area contributed by atoms with Gasteiger partial charge in [-0.25, -0.2) is 13.8 Å². The van der Waals surface area contributed by atoms with E-state index < -0.39 is 11.6 Å². The molecule has 0 amide bonds. The largest absolute Gasteiger partial charge is 0.381 e. The highest BCUT2D eigenvalue weighted by Gasteiger charge is 2.12. The van der Waals surface area contributed by atoms with Crippen molar-refractivity contribution in [2.45, 2.75) is 6.42 Å². The van der Waals surface area contributed by atoms with E-state index in [1.165, 1.54) is 4.90 Å². The number of rotatable bonds is 3. The Bertz CT molecular complexity index is 400. The lowest BCUT2D eigenvalue weighted by Crippen LogP contribution is -2.21. The van der Waals surface area contributed by atoms with E-state index in [-0.39, 0.29) is 18.1 Å². The van der Waals surface area contributed by atoms with Crippen molar-refractivity contribution in [3.63, 3.8) is 0 Å². The molecule has 0 atom stereocenters. The Hall–Kier alpha value is -1.90. The molecule has 0 fully saturated rings. The summed E-state index contributed by atoms with van der Waals surface area (Å²) in [5, 5.41) is 8.35. The second kappa shape index (κ2) is 4.55. The summed E-state index contributed by atoms with van der Waals surface area (Å²) in [6.07, 6.45) is 0.231. The molecule has 1 aromatic heterocycles. The quantitative estimate of drug-likeness (QED) is 0.819. The molecule has 0 aliphatic rings. The van der Waals surface area contributed by atoms with Gasteiger partial charge in [0.05, 0.1) is 12.5 Å². The first-order valence-electron chi connectivity index (χ1n) is 4.26. The zero-order chi connectivity index (χ0) is 11.4. The topological polar surface area (TPSA) is 65.9 Å². The summed E-state index contributed by atoms with van der Waals surface area (Å²) in [7, 11) is 1.56. The molecular formula is C9H10F2N4. The Morgan fingerprint density at radius 2 is 2.20 bits per heavy atom. The van der Waals surface area contributed by atoms with Crippen LogP contribution in [0.3, 0.4) is 0 Å². The summed E-state index contributed by atoms with van der Waals surface area (Å²) in [5.74, 6) is -2.08. The van der Waals surface area contributed by atoms with Crippen LogP contribution in [-0.4, -0.2) is 18.6 Å². The molecule has 0 saturated heterocycles. The van der Waals surface area contributed by atoms with Crippen molar-refractivity contribution in [1.29, 1.82) is 5.26 Å². The standard InChI is InChI=1S/C9H10F2N4/c1-15(4-2-3-12)9-7(11)5-6(10)8(13)14-9/h5H,2,4H2,1H3,(H2,13,14). The number of pyridine rings is 1. The highest BCUT2D eigenvalue weighted by molar-refractivity contribution is 5.46. The minimum Gasteiger partial charge on any atom is -0.381 e. The third kappa shape index (κ3) is 2.53. The van der Waals surface area contributed by atoms with E-state index in [2.05, 4.69) is 4.98 Å². The third-order valence-electron chi connectivity index (χ3n) is 1.86. The Morgan fingerprint density at radius 3 is 2.80 bits per heavy atom. The van der Waals surface area contributed by atoms with Crippen LogP contribution in [0.2, 0.25) is 0 Å². The zero-order valence-corrected chi connectivity index (χ0v) is 8.17. The van der Waals surface area contributed by atoms with Gasteiger partial charge in [-0.2, -0.15) is 5.26 Å². The van der Waals surface area contributed by atoms with Gasteiger partial charge in [0.2, 0.25) is 0 Å². The first kappa shape index (κ1) is 11.2. The van der Waals surface area contributed by atoms with E-state index in [0.717, 1.165) is 0 Å². The predicted molar refractivity (Wildman–Crippen MR) is 52.1 cm³/mol. The Morgan fingerprint density at radius 1 is 1.53 bits per heavy atom. The average molecular weight is 212 g/mol. The lowest BCUT2D eigenvalue weighted by Gasteiger charge is -2.17. The summed E-state index contributed by atoms with van der Waals surface area (Å²) in [4.78, 5) is 4.98. The van der Waals surface area contributed by atoms with Crippen LogP contribution in [0, 0.1) is 23.0 Å². The maximum absolute atomic E-state index is 13.2. The number of halogens is 2. The van der Waals surface area contributed by atoms with Gasteiger partial charge in [0.1, 0.15) is 0 Å². The molecule has 0 aliphatic heterocycles. The highest BCUT2D eigenvalue weighted by atomic mass is 19.1. The van der Waals surface area contributed by atoms with E-state index in [1.54, 1.807) is 7.05 Å². The van der Waals surface area contributed by atoms with Crippen LogP contribution in [0.1, 0.15) is 6.42 Å². The van der Waals surface area contributed by atoms with Crippen molar-refractivity contribution in [2.75, 3.05) is 24.2 Å². The number of nitrogens with zero attached hydrogens (tertiary/aromatic N) is 3. The van der Waals surface area contributed by atoms with Gasteiger partial charge in [0.15, 0.2) is 23.3 Å². The number of anilines is 2. The fraction of sp³-hybridized carbons (Fsp3) is 0.333. The van der Waals surface area contributed by atoms with Gasteiger partial charge in [-0.15, -0.1) is 0 Å². The van der Waals surface area contributed by atoms with Crippen LogP contribution in [0.5, 0.6) is 0 Å². The monoisotopic (exact) mass is 212 g/mol. The van der Waals surface area contributed by atoms with E-state index in [1.807, 2.05) is 6.07 Å². The molecule has 0 spiro atoms. The molecule has 2 N–H and O–H groups in total. The number of nitrogen functional groups attached to an aromatic ring is 1. The third-order valence-corrected chi connectivity index (χ3v) is 1.86. The number of nitrogens with two attached hydrogens (primary N) is 1. The van der Waals surface area contributed by atoms with Crippen LogP contribution in [-0.2, 0) is 0 Å². The molecule has 1 aromatic rings. The summed E-state index contributed by atoms with van der Waals surface area (Å²) < 4.78 is 26.0. The Labute approximate surface area is 85.9 Å². The lowest BCUT2D eigenvalue weighted by atomic mass is 10.3. The molecule has 15 heavy (non-hydrogen) atoms. The maximum atomic E-state index is 13.2. The molecule has 1 heterocycles. The smallest absolute Gasteiger partial charge is 0.168 e. The minimum absolute atomic E-state index is 0.0517. The van der Waals surface area contributed by atoms with Gasteiger partial charge < -0.3 is 10.6 Å². The molecule has 0 bridgehead atoms. The maximum Gasteiger partial charge on any atom is 0.168 e. The van der Waals surface area contributed by atoms with Crippen molar-refractivity contribution in [2.24, 2.45) is 0 Å². The number of hydrogen-bond acceptors (Lipinski definition) is 4. The van der Waals surface area contributed by atoms with Crippen molar-refractivity contribution in [1.82, 2.24) is 4.98 Å². The molecule has 0 radical (unpaired) electrons. The summed E-state index contributed by atoms with van der Waals surface area (Å²) in [5.41, 5.74) is 5.21. The van der Waals surface area contributed by atoms with Crippen LogP contribution < -0.4 is 10.6 Å². The molecule has 4 nitrogen and oxygen atoms in total. The van der Waals surface area contributed by atoms with Gasteiger partial charge in [0.25, 0.3) is 0 Å². The van der Waals surface area contributed by atoms with Gasteiger partial charge in [-0.05, 0) is 0 Å². The molecule has 0 aromatic carbocycles. The molecule has 0 unspecified atom stereocenters. The summed E-state index contributed by atoms with van der Waals surface area (Å²) in [6, 6.07) is 2.60. The molecule has 80 valence electrons. The van der Waals surface area contributed by atoms with Crippen molar-refractivity contribution >= 4 is 11.6 Å². The number of aromatic nitrogens is 1. The Kier molecular flexibility index (Phi) is 3.39. The van der Waals surface area contributed by atoms with Crippen molar-refractivity contribution in [3.8, 4) is 6.07 Å². The van der Waals surface area contributed by atoms with Crippen LogP contribution in [0.15, 0.2) is 6.07 Å². The van der Waals surface area contributed by atoms with Gasteiger partial charge >= 0.3 is 0 Å². The van der Waals surface area contributed by atoms with E-state index in [0.29, 0.717) is 12.6 Å². The highest BCUT2D eigenvalue weighted by Crippen LogP contribution is 2.19. The molecular weight excluding hydrogens is 202 g/mol. The SMILES string of the molecule is CN(CCC#N)c1nc(N)c(F)cc1F. The lowest BCUT2D eigenvalue weighted by molar-refractivity contribution is 0.574. The van der Waals surface area contributed by atoms with Crippen LogP contribution in [0.25, 0.3) is 0 Å². The molecule has 0 aliphatic carbocycles. The van der Waals surface area contributed by atoms with E-state index in [9.17, 15) is 8.78 Å². The molecule has 1 rings (SSSR count).